The van der Waals surface area contributed by atoms with Crippen LogP contribution in [0.5, 0.6) is 0 Å². The number of aliphatic hydroxyl groups is 1. The van der Waals surface area contributed by atoms with Crippen molar-refractivity contribution in [3.05, 3.63) is 18.0 Å². The van der Waals surface area contributed by atoms with Crippen LogP contribution in [-0.2, 0) is 17.1 Å². The first kappa shape index (κ1) is 16.7. The molecular weight excluding hydrogens is 284 g/mol. The van der Waals surface area contributed by atoms with Crippen molar-refractivity contribution in [1.29, 1.82) is 0 Å². The van der Waals surface area contributed by atoms with Crippen LogP contribution < -0.4 is 0 Å². The van der Waals surface area contributed by atoms with Gasteiger partial charge in [0.25, 0.3) is 0 Å². The highest BCUT2D eigenvalue weighted by Crippen LogP contribution is 2.21. The minimum Gasteiger partial charge on any atom is -0.477 e. The molecule has 1 heterocycles. The number of hydrogen-bond donors (Lipinski definition) is 2. The summed E-state index contributed by atoms with van der Waals surface area (Å²) in [6.07, 6.45) is 1.61. The van der Waals surface area contributed by atoms with E-state index in [2.05, 4.69) is 0 Å². The lowest BCUT2D eigenvalue weighted by Crippen LogP contribution is -2.37. The summed E-state index contributed by atoms with van der Waals surface area (Å²) >= 11 is 0. The second kappa shape index (κ2) is 6.38. The second-order valence-corrected chi connectivity index (χ2v) is 6.65. The number of carboxylic acid groups (broad SMARTS) is 1. The van der Waals surface area contributed by atoms with Gasteiger partial charge < -0.3 is 14.8 Å². The topological polar surface area (TPSA) is 99.8 Å². The predicted molar refractivity (Wildman–Crippen MR) is 73.1 cm³/mol. The molecule has 0 fully saturated rings. The molecule has 0 amide bonds. The van der Waals surface area contributed by atoms with Gasteiger partial charge in [-0.1, -0.05) is 0 Å². The van der Waals surface area contributed by atoms with Crippen LogP contribution in [0.25, 0.3) is 0 Å². The number of carboxylic acids is 1. The molecule has 2 N–H and O–H groups in total. The van der Waals surface area contributed by atoms with Crippen LogP contribution >= 0.6 is 0 Å². The summed E-state index contributed by atoms with van der Waals surface area (Å²) in [5.74, 6) is -1.18. The van der Waals surface area contributed by atoms with Crippen LogP contribution in [0.1, 0.15) is 30.8 Å². The van der Waals surface area contributed by atoms with Crippen molar-refractivity contribution in [3.63, 3.8) is 0 Å². The fraction of sp³-hybridized carbons (Fsp3) is 0.583. The van der Waals surface area contributed by atoms with Crippen LogP contribution in [0.2, 0.25) is 0 Å². The first-order chi connectivity index (χ1) is 9.21. The molecule has 0 saturated heterocycles. The largest absolute Gasteiger partial charge is 0.477 e. The third-order valence-corrected chi connectivity index (χ3v) is 4.96. The molecular formula is C12H20N2O5S. The maximum atomic E-state index is 12.5. The van der Waals surface area contributed by atoms with E-state index in [-0.39, 0.29) is 29.8 Å². The smallest absolute Gasteiger partial charge is 0.352 e. The second-order valence-electron chi connectivity index (χ2n) is 4.76. The molecule has 7 nitrogen and oxygen atoms in total. The molecule has 0 aliphatic rings. The van der Waals surface area contributed by atoms with Gasteiger partial charge in [-0.15, -0.1) is 0 Å². The quantitative estimate of drug-likeness (QED) is 0.764. The summed E-state index contributed by atoms with van der Waals surface area (Å²) in [5, 5.41) is 17.8. The standard InChI is InChI=1S/C12H20N2O5S/c1-9(2)14(5-4-6-15)20(18,19)10-7-11(12(16)17)13(3)8-10/h7-9,15H,4-6H2,1-3H3,(H,16,17). The molecule has 0 spiro atoms. The number of hydrogen-bond acceptors (Lipinski definition) is 4. The number of aromatic carboxylic acids is 1. The van der Waals surface area contributed by atoms with Gasteiger partial charge in [0.1, 0.15) is 10.6 Å². The molecule has 0 aliphatic heterocycles. The van der Waals surface area contributed by atoms with Crippen LogP contribution in [0.15, 0.2) is 17.2 Å². The van der Waals surface area contributed by atoms with Crippen molar-refractivity contribution in [2.24, 2.45) is 7.05 Å². The molecule has 0 aromatic carbocycles. The number of nitrogens with zero attached hydrogens (tertiary/aromatic N) is 2. The Morgan fingerprint density at radius 2 is 2.05 bits per heavy atom. The summed E-state index contributed by atoms with van der Waals surface area (Å²) in [6.45, 7) is 3.55. The average molecular weight is 304 g/mol. The Labute approximate surface area is 118 Å². The van der Waals surface area contributed by atoms with Crippen LogP contribution in [0, 0.1) is 0 Å². The van der Waals surface area contributed by atoms with Crippen molar-refractivity contribution < 1.29 is 23.4 Å². The fourth-order valence-corrected chi connectivity index (χ4v) is 3.65. The summed E-state index contributed by atoms with van der Waals surface area (Å²) in [5.41, 5.74) is -0.0885. The van der Waals surface area contributed by atoms with Gasteiger partial charge >= 0.3 is 5.97 Å². The lowest BCUT2D eigenvalue weighted by molar-refractivity contribution is 0.0686. The minimum atomic E-state index is -3.77. The van der Waals surface area contributed by atoms with Gasteiger partial charge in [-0.3, -0.25) is 0 Å². The maximum absolute atomic E-state index is 12.5. The summed E-state index contributed by atoms with van der Waals surface area (Å²) < 4.78 is 27.5. The average Bonchev–Trinajstić information content (AvgIpc) is 2.72. The molecule has 1 aromatic rings. The highest BCUT2D eigenvalue weighted by molar-refractivity contribution is 7.89. The van der Waals surface area contributed by atoms with E-state index in [4.69, 9.17) is 10.2 Å². The van der Waals surface area contributed by atoms with Crippen LogP contribution in [-0.4, -0.2) is 52.7 Å². The number of aromatic nitrogens is 1. The minimum absolute atomic E-state index is 0.0518. The van der Waals surface area contributed by atoms with Gasteiger partial charge in [-0.25, -0.2) is 13.2 Å². The number of aliphatic hydroxyl groups excluding tert-OH is 1. The van der Waals surface area contributed by atoms with Crippen LogP contribution in [0.3, 0.4) is 0 Å². The Balaban J connectivity index is 3.19. The Morgan fingerprint density at radius 1 is 1.45 bits per heavy atom. The van der Waals surface area contributed by atoms with Crippen molar-refractivity contribution in [1.82, 2.24) is 8.87 Å². The van der Waals surface area contributed by atoms with Gasteiger partial charge in [-0.2, -0.15) is 4.31 Å². The van der Waals surface area contributed by atoms with Crippen molar-refractivity contribution >= 4 is 16.0 Å². The third kappa shape index (κ3) is 3.38. The lowest BCUT2D eigenvalue weighted by atomic mass is 10.3. The predicted octanol–water partition coefficient (Wildman–Crippen LogP) is 0.505. The van der Waals surface area contributed by atoms with Gasteiger partial charge in [0.05, 0.1) is 0 Å². The SMILES string of the molecule is CC(C)N(CCCO)S(=O)(=O)c1cc(C(=O)O)n(C)c1. The van der Waals surface area contributed by atoms with E-state index in [1.807, 2.05) is 0 Å². The van der Waals surface area contributed by atoms with E-state index in [0.717, 1.165) is 6.07 Å². The van der Waals surface area contributed by atoms with Gasteiger partial charge in [0.2, 0.25) is 10.0 Å². The summed E-state index contributed by atoms with van der Waals surface area (Å²) in [7, 11) is -2.29. The molecule has 0 bridgehead atoms. The Morgan fingerprint density at radius 3 is 2.45 bits per heavy atom. The zero-order chi connectivity index (χ0) is 15.5. The Hall–Kier alpha value is -1.38. The monoisotopic (exact) mass is 304 g/mol. The molecule has 0 unspecified atom stereocenters. The number of aryl methyl sites for hydroxylation is 1. The van der Waals surface area contributed by atoms with E-state index in [9.17, 15) is 13.2 Å². The molecule has 0 aliphatic carbocycles. The van der Waals surface area contributed by atoms with Crippen molar-refractivity contribution in [2.75, 3.05) is 13.2 Å². The Kier molecular flexibility index (Phi) is 5.32. The zero-order valence-electron chi connectivity index (χ0n) is 11.8. The molecule has 0 atom stereocenters. The Bertz CT molecular complexity index is 577. The number of rotatable bonds is 7. The zero-order valence-corrected chi connectivity index (χ0v) is 12.6. The molecule has 20 heavy (non-hydrogen) atoms. The van der Waals surface area contributed by atoms with E-state index in [1.165, 1.54) is 22.1 Å². The highest BCUT2D eigenvalue weighted by Gasteiger charge is 2.28. The van der Waals surface area contributed by atoms with E-state index >= 15 is 0 Å². The third-order valence-electron chi connectivity index (χ3n) is 2.92. The molecule has 114 valence electrons. The number of carbonyl (C=O) groups is 1. The maximum Gasteiger partial charge on any atom is 0.352 e. The lowest BCUT2D eigenvalue weighted by Gasteiger charge is -2.25. The normalized spacial score (nSPS) is 12.3. The highest BCUT2D eigenvalue weighted by atomic mass is 32.2. The summed E-state index contributed by atoms with van der Waals surface area (Å²) in [4.78, 5) is 10.9. The van der Waals surface area contributed by atoms with E-state index in [0.29, 0.717) is 6.42 Å². The molecule has 0 radical (unpaired) electrons. The molecule has 8 heteroatoms. The fourth-order valence-electron chi connectivity index (χ4n) is 1.91. The molecule has 1 rings (SSSR count). The first-order valence-corrected chi connectivity index (χ1v) is 7.68. The van der Waals surface area contributed by atoms with Crippen LogP contribution in [0.4, 0.5) is 0 Å². The molecule has 1 aromatic heterocycles. The summed E-state index contributed by atoms with van der Waals surface area (Å²) in [6, 6.07) is 0.867. The van der Waals surface area contributed by atoms with Crippen molar-refractivity contribution in [3.8, 4) is 0 Å². The number of sulfonamides is 1. The van der Waals surface area contributed by atoms with Gasteiger partial charge in [0.15, 0.2) is 0 Å². The van der Waals surface area contributed by atoms with E-state index < -0.39 is 16.0 Å². The first-order valence-electron chi connectivity index (χ1n) is 6.24. The molecule has 0 saturated carbocycles. The van der Waals surface area contributed by atoms with Gasteiger partial charge in [-0.05, 0) is 26.3 Å². The van der Waals surface area contributed by atoms with Gasteiger partial charge in [0, 0.05) is 32.4 Å². The van der Waals surface area contributed by atoms with Crippen molar-refractivity contribution in [2.45, 2.75) is 31.2 Å². The van der Waals surface area contributed by atoms with E-state index in [1.54, 1.807) is 13.8 Å².